The molecule has 0 saturated heterocycles. The van der Waals surface area contributed by atoms with Gasteiger partial charge in [0.05, 0.1) is 30.6 Å². The van der Waals surface area contributed by atoms with E-state index in [1.54, 1.807) is 92.6 Å². The number of aromatic hydroxyl groups is 1. The summed E-state index contributed by atoms with van der Waals surface area (Å²) in [4.78, 5) is 109. The van der Waals surface area contributed by atoms with Crippen LogP contribution in [0.2, 0.25) is 0 Å². The van der Waals surface area contributed by atoms with Crippen LogP contribution in [0.5, 0.6) is 11.5 Å². The van der Waals surface area contributed by atoms with Gasteiger partial charge in [0, 0.05) is 61.4 Å². The number of Topliss-reactive ketones (excluding diaryl/α,β-unsaturated/α-hetero) is 2. The van der Waals surface area contributed by atoms with E-state index in [4.69, 9.17) is 28.9 Å². The van der Waals surface area contributed by atoms with Gasteiger partial charge in [-0.15, -0.1) is 0 Å². The van der Waals surface area contributed by atoms with Crippen LogP contribution in [-0.4, -0.2) is 113 Å². The van der Waals surface area contributed by atoms with E-state index < -0.39 is 83.1 Å². The fraction of sp³-hybridized carbons (Fsp3) is 0.525. The van der Waals surface area contributed by atoms with Gasteiger partial charge in [-0.2, -0.15) is 0 Å². The van der Waals surface area contributed by atoms with Crippen LogP contribution in [-0.2, 0) is 51.6 Å². The van der Waals surface area contributed by atoms with Crippen LogP contribution in [0, 0.1) is 25.7 Å². The van der Waals surface area contributed by atoms with Crippen molar-refractivity contribution in [2.75, 3.05) is 33.9 Å². The Morgan fingerprint density at radius 2 is 1.43 bits per heavy atom. The Morgan fingerprint density at radius 1 is 0.823 bits per heavy atom. The maximum absolute atomic E-state index is 15.4. The number of carbonyl (C=O) groups is 7. The van der Waals surface area contributed by atoms with Crippen LogP contribution in [0.15, 0.2) is 54.6 Å². The Bertz CT molecular complexity index is 2860. The number of amides is 4. The second kappa shape index (κ2) is 26.5. The SMILES string of the molecule is CCCCc1cc2cc(c1O)-c1cc(ccc1OCCNC(=O)OC(C)(C)C)C[C@@H](C(=O)OC)NC(=O)[C@H](C)CC(=O)[C@H]2N(C)C(=O)[C@H](CCNC(=O)OC(C)(C)C)CC(=O)c1c(C)nc(-c2ccc(C(C)(C)C)cc2)nc1C. The molecule has 428 valence electrons. The minimum atomic E-state index is -1.40. The molecule has 0 radical (unpaired) electrons. The summed E-state index contributed by atoms with van der Waals surface area (Å²) in [6, 6.07) is 13.7. The molecule has 4 bridgehead atoms. The van der Waals surface area contributed by atoms with E-state index in [-0.39, 0.29) is 67.0 Å². The summed E-state index contributed by atoms with van der Waals surface area (Å²) in [7, 11) is 2.66. The highest BCUT2D eigenvalue weighted by Crippen LogP contribution is 2.43. The number of aromatic nitrogens is 2. The summed E-state index contributed by atoms with van der Waals surface area (Å²) in [6.07, 6.45) is -0.446. The number of unbranched alkanes of at least 4 members (excludes halogenated alkanes) is 1. The lowest BCUT2D eigenvalue weighted by molar-refractivity contribution is -0.146. The van der Waals surface area contributed by atoms with E-state index >= 15 is 9.59 Å². The zero-order valence-electron chi connectivity index (χ0n) is 48.9. The third kappa shape index (κ3) is 17.3. The molecule has 5 rings (SSSR count). The van der Waals surface area contributed by atoms with Gasteiger partial charge < -0.3 is 44.9 Å². The molecule has 1 aromatic heterocycles. The van der Waals surface area contributed by atoms with Crippen molar-refractivity contribution in [3.05, 3.63) is 93.8 Å². The van der Waals surface area contributed by atoms with E-state index in [1.165, 1.54) is 19.1 Å². The van der Waals surface area contributed by atoms with E-state index in [1.807, 2.05) is 31.2 Å². The molecular weight excluding hydrogens is 1010 g/mol. The van der Waals surface area contributed by atoms with Crippen molar-refractivity contribution in [1.82, 2.24) is 30.8 Å². The third-order valence-corrected chi connectivity index (χ3v) is 13.4. The summed E-state index contributed by atoms with van der Waals surface area (Å²) >= 11 is 0. The quantitative estimate of drug-likeness (QED) is 0.0333. The minimum absolute atomic E-state index is 0.0285. The number of hydrogen-bond acceptors (Lipinski definition) is 14. The monoisotopic (exact) mass is 1090 g/mol. The van der Waals surface area contributed by atoms with E-state index in [0.717, 1.165) is 17.5 Å². The second-order valence-electron chi connectivity index (χ2n) is 23.5. The molecule has 79 heavy (non-hydrogen) atoms. The Hall–Kier alpha value is -7.37. The number of nitrogens with one attached hydrogen (secondary N) is 3. The van der Waals surface area contributed by atoms with Gasteiger partial charge in [-0.05, 0) is 127 Å². The predicted molar refractivity (Wildman–Crippen MR) is 301 cm³/mol. The molecule has 4 atom stereocenters. The summed E-state index contributed by atoms with van der Waals surface area (Å²) in [6.45, 7) is 23.7. The first kappa shape index (κ1) is 62.5. The molecule has 0 aliphatic carbocycles. The van der Waals surface area contributed by atoms with Crippen molar-refractivity contribution in [3.8, 4) is 34.0 Å². The molecule has 0 unspecified atom stereocenters. The van der Waals surface area contributed by atoms with Crippen LogP contribution < -0.4 is 20.7 Å². The fourth-order valence-electron chi connectivity index (χ4n) is 9.41. The number of nitrogens with zero attached hydrogens (tertiary/aromatic N) is 3. The maximum atomic E-state index is 15.4. The maximum Gasteiger partial charge on any atom is 0.407 e. The molecule has 1 aliphatic heterocycles. The van der Waals surface area contributed by atoms with Gasteiger partial charge in [0.15, 0.2) is 17.4 Å². The summed E-state index contributed by atoms with van der Waals surface area (Å²) in [5, 5.41) is 20.4. The number of methoxy groups -OCH3 is 1. The zero-order chi connectivity index (χ0) is 58.7. The van der Waals surface area contributed by atoms with Crippen molar-refractivity contribution >= 4 is 41.5 Å². The lowest BCUT2D eigenvalue weighted by atomic mass is 9.86. The Kier molecular flexibility index (Phi) is 21.0. The molecule has 0 spiro atoms. The number of phenols is 1. The van der Waals surface area contributed by atoms with E-state index in [9.17, 15) is 29.1 Å². The second-order valence-corrected chi connectivity index (χ2v) is 23.5. The smallest absolute Gasteiger partial charge is 0.407 e. The molecule has 4 N–H and O–H groups in total. The van der Waals surface area contributed by atoms with Crippen molar-refractivity contribution in [1.29, 1.82) is 0 Å². The number of esters is 1. The van der Waals surface area contributed by atoms with Gasteiger partial charge in [0.2, 0.25) is 11.8 Å². The molecule has 3 aromatic carbocycles. The Morgan fingerprint density at radius 3 is 2.00 bits per heavy atom. The molecule has 0 fully saturated rings. The molecule has 18 nitrogen and oxygen atoms in total. The average Bonchev–Trinajstić information content (AvgIpc) is 3.36. The molecule has 2 heterocycles. The minimum Gasteiger partial charge on any atom is -0.507 e. The van der Waals surface area contributed by atoms with Gasteiger partial charge in [-0.3, -0.25) is 19.2 Å². The first-order valence-electron chi connectivity index (χ1n) is 27.1. The highest BCUT2D eigenvalue weighted by atomic mass is 16.6. The van der Waals surface area contributed by atoms with E-state index in [0.29, 0.717) is 52.3 Å². The summed E-state index contributed by atoms with van der Waals surface area (Å²) in [5.41, 5.74) is 3.26. The lowest BCUT2D eigenvalue weighted by Crippen LogP contribution is -2.46. The van der Waals surface area contributed by atoms with E-state index in [2.05, 4.69) is 36.7 Å². The highest BCUT2D eigenvalue weighted by molar-refractivity contribution is 6.01. The van der Waals surface area contributed by atoms with Crippen molar-refractivity contribution in [2.45, 2.75) is 164 Å². The topological polar surface area (TPSA) is 242 Å². The van der Waals surface area contributed by atoms with Crippen molar-refractivity contribution in [2.24, 2.45) is 11.8 Å². The zero-order valence-corrected chi connectivity index (χ0v) is 48.9. The van der Waals surface area contributed by atoms with Gasteiger partial charge in [-0.25, -0.2) is 24.4 Å². The number of rotatable bonds is 17. The largest absolute Gasteiger partial charge is 0.507 e. The molecule has 18 heteroatoms. The average molecular weight is 1090 g/mol. The number of carbonyl (C=O) groups excluding carboxylic acids is 7. The molecular formula is C61H82N6O12. The van der Waals surface area contributed by atoms with Gasteiger partial charge in [-0.1, -0.05) is 71.4 Å². The van der Waals surface area contributed by atoms with Gasteiger partial charge in [0.1, 0.15) is 41.4 Å². The number of alkyl carbamates (subject to hydrolysis) is 2. The van der Waals surface area contributed by atoms with Crippen molar-refractivity contribution < 1.29 is 57.6 Å². The lowest BCUT2D eigenvalue weighted by Gasteiger charge is -2.32. The third-order valence-electron chi connectivity index (χ3n) is 13.4. The van der Waals surface area contributed by atoms with Crippen LogP contribution in [0.1, 0.15) is 158 Å². The number of ketones is 2. The Balaban J connectivity index is 1.64. The number of likely N-dealkylation sites (N-methyl/N-ethyl adjacent to an activating group) is 1. The predicted octanol–water partition coefficient (Wildman–Crippen LogP) is 9.79. The number of aryl methyl sites for hydroxylation is 3. The number of fused-ring (bicyclic) bond motifs is 5. The number of phenolic OH excluding ortho intramolecular Hbond substituents is 1. The number of hydrogen-bond donors (Lipinski definition) is 4. The number of ether oxygens (including phenoxy) is 4. The first-order valence-corrected chi connectivity index (χ1v) is 27.1. The molecule has 1 aliphatic rings. The first-order chi connectivity index (χ1) is 36.9. The highest BCUT2D eigenvalue weighted by Gasteiger charge is 2.37. The molecule has 4 aromatic rings. The normalized spacial score (nSPS) is 16.4. The standard InChI is InChI=1S/C61H82N6O12/c1-16-17-18-40-32-42-33-45(52(40)70)44-30-38(19-24-49(44)77-28-27-63-58(75)79-61(11,12)13)31-46(56(73)76-15)66-54(71)35(2)29-48(69)51(42)67(14)55(72)41(25-26-62-57(74)78-60(8,9)10)34-47(68)50-36(3)64-53(65-37(50)4)39-20-22-43(23-21-39)59(5,6)7/h19-24,30,32-33,35,41,46,51,70H,16-18,25-29,31,34H2,1-15H3,(H,62,74)(H,63,75)(H,66,71)/t35-,41-,46+,51+/m1/s1. The summed E-state index contributed by atoms with van der Waals surface area (Å²) in [5.74, 6) is -4.50. The van der Waals surface area contributed by atoms with Gasteiger partial charge >= 0.3 is 18.2 Å². The van der Waals surface area contributed by atoms with Crippen molar-refractivity contribution in [3.63, 3.8) is 0 Å². The van der Waals surface area contributed by atoms with Crippen LogP contribution in [0.25, 0.3) is 22.5 Å². The molecule has 0 saturated carbocycles. The number of benzene rings is 3. The Labute approximate surface area is 465 Å². The van der Waals surface area contributed by atoms with Crippen LogP contribution in [0.4, 0.5) is 9.59 Å². The fourth-order valence-corrected chi connectivity index (χ4v) is 9.41. The van der Waals surface area contributed by atoms with Crippen LogP contribution >= 0.6 is 0 Å². The van der Waals surface area contributed by atoms with Gasteiger partial charge in [0.25, 0.3) is 0 Å². The molecule has 4 amide bonds. The van der Waals surface area contributed by atoms with Crippen LogP contribution in [0.3, 0.4) is 0 Å². The summed E-state index contributed by atoms with van der Waals surface area (Å²) < 4.78 is 22.3.